The largest absolute Gasteiger partial charge is 0.465 e. The van der Waals surface area contributed by atoms with Crippen molar-refractivity contribution < 1.29 is 23.8 Å². The molecule has 1 heterocycles. The number of esters is 1. The van der Waals surface area contributed by atoms with Crippen LogP contribution in [0.25, 0.3) is 0 Å². The van der Waals surface area contributed by atoms with Crippen LogP contribution in [0, 0.1) is 24.6 Å². The van der Waals surface area contributed by atoms with E-state index in [0.29, 0.717) is 18.8 Å². The lowest BCUT2D eigenvalue weighted by atomic mass is 9.76. The van der Waals surface area contributed by atoms with E-state index < -0.39 is 5.92 Å². The number of aliphatic hydroxyl groups is 1. The third-order valence-corrected chi connectivity index (χ3v) is 4.95. The Labute approximate surface area is 152 Å². The highest BCUT2D eigenvalue weighted by Crippen LogP contribution is 2.37. The fourth-order valence-corrected chi connectivity index (χ4v) is 3.50. The van der Waals surface area contributed by atoms with Crippen molar-refractivity contribution in [3.8, 4) is 0 Å². The predicted molar refractivity (Wildman–Crippen MR) is 95.0 cm³/mol. The summed E-state index contributed by atoms with van der Waals surface area (Å²) < 4.78 is 24.6. The molecular formula is C21H23FO4. The molecule has 0 spiro atoms. The molecule has 0 aliphatic carbocycles. The second-order valence-electron chi connectivity index (χ2n) is 6.72. The van der Waals surface area contributed by atoms with Crippen molar-refractivity contribution in [3.05, 3.63) is 71.0 Å². The third kappa shape index (κ3) is 4.11. The van der Waals surface area contributed by atoms with Crippen LogP contribution in [0.15, 0.2) is 48.5 Å². The van der Waals surface area contributed by atoms with Gasteiger partial charge in [0.25, 0.3) is 0 Å². The second-order valence-corrected chi connectivity index (χ2v) is 6.72. The minimum absolute atomic E-state index is 0.0939. The first-order chi connectivity index (χ1) is 12.6. The summed E-state index contributed by atoms with van der Waals surface area (Å²) in [5, 5.41) is 9.74. The topological polar surface area (TPSA) is 55.8 Å². The third-order valence-electron chi connectivity index (χ3n) is 4.95. The second kappa shape index (κ2) is 8.43. The summed E-state index contributed by atoms with van der Waals surface area (Å²) in [6, 6.07) is 14.2. The summed E-state index contributed by atoms with van der Waals surface area (Å²) in [6.45, 7) is 2.60. The highest BCUT2D eigenvalue weighted by Gasteiger charge is 2.41. The Morgan fingerprint density at radius 2 is 2.00 bits per heavy atom. The lowest BCUT2D eigenvalue weighted by Gasteiger charge is -2.36. The molecule has 2 aromatic rings. The van der Waals surface area contributed by atoms with Gasteiger partial charge in [0.05, 0.1) is 25.7 Å². The Balaban J connectivity index is 1.80. The highest BCUT2D eigenvalue weighted by molar-refractivity contribution is 5.80. The van der Waals surface area contributed by atoms with Gasteiger partial charge in [-0.1, -0.05) is 36.4 Å². The van der Waals surface area contributed by atoms with Crippen molar-refractivity contribution in [1.82, 2.24) is 0 Å². The van der Waals surface area contributed by atoms with E-state index in [-0.39, 0.29) is 36.8 Å². The van der Waals surface area contributed by atoms with Crippen LogP contribution >= 0.6 is 0 Å². The monoisotopic (exact) mass is 358 g/mol. The zero-order valence-corrected chi connectivity index (χ0v) is 14.7. The van der Waals surface area contributed by atoms with Gasteiger partial charge in [-0.15, -0.1) is 0 Å². The summed E-state index contributed by atoms with van der Waals surface area (Å²) in [5.74, 6) is -1.70. The average Bonchev–Trinajstić information content (AvgIpc) is 2.64. The molecule has 26 heavy (non-hydrogen) atoms. The lowest BCUT2D eigenvalue weighted by Crippen LogP contribution is -2.42. The number of ether oxygens (including phenoxy) is 2. The van der Waals surface area contributed by atoms with Gasteiger partial charge in [-0.05, 0) is 35.7 Å². The normalized spacial score (nSPS) is 22.9. The van der Waals surface area contributed by atoms with Gasteiger partial charge >= 0.3 is 5.97 Å². The molecule has 5 heteroatoms. The Kier molecular flexibility index (Phi) is 6.01. The smallest absolute Gasteiger partial charge is 0.313 e. The number of carbonyl (C=O) groups is 1. The first kappa shape index (κ1) is 18.5. The maximum absolute atomic E-state index is 13.5. The van der Waals surface area contributed by atoms with E-state index in [2.05, 4.69) is 0 Å². The number of hydrogen-bond acceptors (Lipinski definition) is 4. The maximum Gasteiger partial charge on any atom is 0.313 e. The van der Waals surface area contributed by atoms with Gasteiger partial charge in [0.2, 0.25) is 0 Å². The Morgan fingerprint density at radius 1 is 1.23 bits per heavy atom. The molecule has 138 valence electrons. The minimum atomic E-state index is -0.572. The summed E-state index contributed by atoms with van der Waals surface area (Å²) in [6.07, 6.45) is 0. The average molecular weight is 358 g/mol. The SMILES string of the molecule is Cc1cc(F)ccc1[C@H]1C(=O)OC[C@@H](CO)[C@@H]1COCc1ccccc1. The fourth-order valence-electron chi connectivity index (χ4n) is 3.50. The van der Waals surface area contributed by atoms with Crippen molar-refractivity contribution in [3.63, 3.8) is 0 Å². The molecule has 0 unspecified atom stereocenters. The van der Waals surface area contributed by atoms with Crippen LogP contribution in [0.4, 0.5) is 4.39 Å². The Hall–Kier alpha value is -2.24. The fraction of sp³-hybridized carbons (Fsp3) is 0.381. The molecular weight excluding hydrogens is 335 g/mol. The summed E-state index contributed by atoms with van der Waals surface area (Å²) in [5.41, 5.74) is 2.46. The molecule has 1 N–H and O–H groups in total. The quantitative estimate of drug-likeness (QED) is 0.806. The van der Waals surface area contributed by atoms with Crippen LogP contribution < -0.4 is 0 Å². The van der Waals surface area contributed by atoms with Gasteiger partial charge in [0.15, 0.2) is 0 Å². The summed E-state index contributed by atoms with van der Waals surface area (Å²) >= 11 is 0. The zero-order chi connectivity index (χ0) is 18.5. The number of hydrogen-bond donors (Lipinski definition) is 1. The van der Waals surface area contributed by atoms with E-state index in [1.807, 2.05) is 30.3 Å². The minimum Gasteiger partial charge on any atom is -0.465 e. The first-order valence-corrected chi connectivity index (χ1v) is 8.75. The van der Waals surface area contributed by atoms with E-state index in [1.54, 1.807) is 13.0 Å². The molecule has 1 aliphatic heterocycles. The van der Waals surface area contributed by atoms with Crippen molar-refractivity contribution in [2.75, 3.05) is 19.8 Å². The first-order valence-electron chi connectivity index (χ1n) is 8.75. The molecule has 0 saturated carbocycles. The van der Waals surface area contributed by atoms with Crippen LogP contribution in [0.1, 0.15) is 22.6 Å². The lowest BCUT2D eigenvalue weighted by molar-refractivity contribution is -0.160. The van der Waals surface area contributed by atoms with Crippen molar-refractivity contribution in [2.45, 2.75) is 19.4 Å². The highest BCUT2D eigenvalue weighted by atomic mass is 19.1. The Bertz CT molecular complexity index is 747. The molecule has 3 atom stereocenters. The molecule has 3 rings (SSSR count). The van der Waals surface area contributed by atoms with Crippen LogP contribution in [0.5, 0.6) is 0 Å². The van der Waals surface area contributed by atoms with Crippen molar-refractivity contribution >= 4 is 5.97 Å². The molecule has 2 aromatic carbocycles. The predicted octanol–water partition coefficient (Wildman–Crippen LogP) is 3.22. The molecule has 1 saturated heterocycles. The molecule has 0 bridgehead atoms. The molecule has 4 nitrogen and oxygen atoms in total. The van der Waals surface area contributed by atoms with E-state index in [9.17, 15) is 14.3 Å². The number of cyclic esters (lactones) is 1. The van der Waals surface area contributed by atoms with E-state index in [0.717, 1.165) is 11.1 Å². The van der Waals surface area contributed by atoms with E-state index >= 15 is 0 Å². The van der Waals surface area contributed by atoms with Gasteiger partial charge in [0, 0.05) is 18.4 Å². The van der Waals surface area contributed by atoms with E-state index in [4.69, 9.17) is 9.47 Å². The van der Waals surface area contributed by atoms with E-state index in [1.165, 1.54) is 12.1 Å². The number of aryl methyl sites for hydroxylation is 1. The molecule has 0 aromatic heterocycles. The number of halogens is 1. The zero-order valence-electron chi connectivity index (χ0n) is 14.7. The van der Waals surface area contributed by atoms with Gasteiger partial charge in [-0.25, -0.2) is 4.39 Å². The standard InChI is InChI=1S/C21H23FO4/c1-14-9-17(22)7-8-18(14)20-19(16(10-23)12-26-21(20)24)13-25-11-15-5-3-2-4-6-15/h2-9,16,19-20,23H,10-13H2,1H3/t16-,19+,20-/m1/s1. The van der Waals surface area contributed by atoms with Gasteiger partial charge < -0.3 is 14.6 Å². The molecule has 1 aliphatic rings. The van der Waals surface area contributed by atoms with Crippen molar-refractivity contribution in [2.24, 2.45) is 11.8 Å². The summed E-state index contributed by atoms with van der Waals surface area (Å²) in [7, 11) is 0. The van der Waals surface area contributed by atoms with Crippen LogP contribution in [-0.4, -0.2) is 30.9 Å². The molecule has 0 amide bonds. The van der Waals surface area contributed by atoms with Crippen LogP contribution in [0.2, 0.25) is 0 Å². The number of carbonyl (C=O) groups excluding carboxylic acids is 1. The molecule has 0 radical (unpaired) electrons. The van der Waals surface area contributed by atoms with Gasteiger partial charge in [-0.2, -0.15) is 0 Å². The van der Waals surface area contributed by atoms with Crippen molar-refractivity contribution in [1.29, 1.82) is 0 Å². The summed E-state index contributed by atoms with van der Waals surface area (Å²) in [4.78, 5) is 12.5. The van der Waals surface area contributed by atoms with Gasteiger partial charge in [0.1, 0.15) is 5.82 Å². The number of benzene rings is 2. The number of aliphatic hydroxyl groups excluding tert-OH is 1. The maximum atomic E-state index is 13.5. The van der Waals surface area contributed by atoms with Gasteiger partial charge in [-0.3, -0.25) is 4.79 Å². The number of rotatable bonds is 6. The van der Waals surface area contributed by atoms with Crippen LogP contribution in [-0.2, 0) is 20.9 Å². The molecule has 1 fully saturated rings. The van der Waals surface area contributed by atoms with Crippen LogP contribution in [0.3, 0.4) is 0 Å². The Morgan fingerprint density at radius 3 is 2.69 bits per heavy atom.